The van der Waals surface area contributed by atoms with Gasteiger partial charge in [-0.2, -0.15) is 5.10 Å². The topological polar surface area (TPSA) is 114 Å². The van der Waals surface area contributed by atoms with Gasteiger partial charge in [-0.3, -0.25) is 0 Å². The number of hydrogen-bond acceptors (Lipinski definition) is 6. The summed E-state index contributed by atoms with van der Waals surface area (Å²) in [4.78, 5) is 21.8. The molecule has 228 valence electrons. The summed E-state index contributed by atoms with van der Waals surface area (Å²) in [5, 5.41) is 4.58. The van der Waals surface area contributed by atoms with Crippen LogP contribution in [0.5, 0.6) is 0 Å². The van der Waals surface area contributed by atoms with Crippen molar-refractivity contribution in [2.24, 2.45) is 11.1 Å². The summed E-state index contributed by atoms with van der Waals surface area (Å²) in [7, 11) is -3.26. The van der Waals surface area contributed by atoms with Crippen molar-refractivity contribution in [3.05, 3.63) is 71.6 Å². The molecule has 0 radical (unpaired) electrons. The molecule has 1 fully saturated rings. The molecular formula is C29H37F3N6O3S. The van der Waals surface area contributed by atoms with Gasteiger partial charge >= 0.3 is 6.03 Å². The van der Waals surface area contributed by atoms with Crippen LogP contribution in [-0.4, -0.2) is 82.9 Å². The summed E-state index contributed by atoms with van der Waals surface area (Å²) in [6.45, 7) is 5.22. The Morgan fingerprint density at radius 1 is 1.10 bits per heavy atom. The molecule has 1 aliphatic rings. The summed E-state index contributed by atoms with van der Waals surface area (Å²) in [6.07, 6.45) is 0.138. The first-order chi connectivity index (χ1) is 19.8. The highest BCUT2D eigenvalue weighted by molar-refractivity contribution is 7.91. The monoisotopic (exact) mass is 606 g/mol. The molecule has 42 heavy (non-hydrogen) atoms. The van der Waals surface area contributed by atoms with Crippen molar-refractivity contribution in [2.45, 2.75) is 45.8 Å². The number of benzene rings is 2. The van der Waals surface area contributed by atoms with Crippen molar-refractivity contribution in [2.75, 3.05) is 37.8 Å². The van der Waals surface area contributed by atoms with E-state index in [-0.39, 0.29) is 55.5 Å². The Labute approximate surface area is 244 Å². The minimum Gasteiger partial charge on any atom is -0.325 e. The quantitative estimate of drug-likeness (QED) is 0.391. The maximum absolute atomic E-state index is 14.9. The third-order valence-corrected chi connectivity index (χ3v) is 8.83. The molecule has 0 spiro atoms. The predicted molar refractivity (Wildman–Crippen MR) is 154 cm³/mol. The average molecular weight is 607 g/mol. The van der Waals surface area contributed by atoms with Crippen LogP contribution in [0.4, 0.5) is 18.0 Å². The molecule has 0 unspecified atom stereocenters. The first-order valence-electron chi connectivity index (χ1n) is 13.8. The normalized spacial score (nSPS) is 16.7. The van der Waals surface area contributed by atoms with Gasteiger partial charge in [0.25, 0.3) is 0 Å². The molecule has 1 aromatic heterocycles. The smallest absolute Gasteiger partial charge is 0.320 e. The lowest BCUT2D eigenvalue weighted by Gasteiger charge is -2.42. The summed E-state index contributed by atoms with van der Waals surface area (Å²) in [5.74, 6) is -1.42. The summed E-state index contributed by atoms with van der Waals surface area (Å²) < 4.78 is 68.2. The first kappa shape index (κ1) is 31.5. The van der Waals surface area contributed by atoms with E-state index in [0.29, 0.717) is 5.82 Å². The lowest BCUT2D eigenvalue weighted by atomic mass is 9.84. The number of halogens is 3. The van der Waals surface area contributed by atoms with E-state index in [1.807, 2.05) is 51.1 Å². The van der Waals surface area contributed by atoms with Gasteiger partial charge in [0.2, 0.25) is 0 Å². The minimum absolute atomic E-state index is 0.0140. The van der Waals surface area contributed by atoms with Crippen LogP contribution in [0.3, 0.4) is 0 Å². The summed E-state index contributed by atoms with van der Waals surface area (Å²) >= 11 is 0. The Balaban J connectivity index is 1.85. The zero-order chi connectivity index (χ0) is 30.7. The van der Waals surface area contributed by atoms with Crippen molar-refractivity contribution in [3.63, 3.8) is 0 Å². The predicted octanol–water partition coefficient (Wildman–Crippen LogP) is 4.20. The van der Waals surface area contributed by atoms with Gasteiger partial charge in [0.05, 0.1) is 29.7 Å². The van der Waals surface area contributed by atoms with Gasteiger partial charge in [0.1, 0.15) is 18.3 Å². The van der Waals surface area contributed by atoms with E-state index in [2.05, 4.69) is 5.10 Å². The van der Waals surface area contributed by atoms with E-state index >= 15 is 0 Å². The molecule has 2 atom stereocenters. The van der Waals surface area contributed by atoms with Crippen LogP contribution >= 0.6 is 0 Å². The van der Waals surface area contributed by atoms with Crippen LogP contribution in [0, 0.1) is 17.0 Å². The molecule has 2 heterocycles. The standard InChI is InChI=1S/C29H37F3N6O3S/c1-29(2,3)25(37(12-11-22(33)18-30)28(39)36-13-15-42(40,41)16-14-36)27-34-26(23-17-21(31)9-10-24(23)32)35-38(27)19-20-7-5-4-6-8-20/h4-10,17,22,25H,11-16,18-19,33H2,1-3H3/t22-,25+/m1/s1. The molecule has 0 saturated carbocycles. The van der Waals surface area contributed by atoms with E-state index in [4.69, 9.17) is 10.7 Å². The van der Waals surface area contributed by atoms with Crippen LogP contribution in [0.25, 0.3) is 11.4 Å². The molecule has 4 rings (SSSR count). The maximum atomic E-state index is 14.9. The average Bonchev–Trinajstić information content (AvgIpc) is 3.33. The fraction of sp³-hybridized carbons (Fsp3) is 0.483. The number of urea groups is 1. The molecule has 3 aromatic rings. The van der Waals surface area contributed by atoms with Crippen LogP contribution in [0.1, 0.15) is 44.6 Å². The number of carbonyl (C=O) groups is 1. The second-order valence-corrected chi connectivity index (χ2v) is 14.0. The van der Waals surface area contributed by atoms with Gasteiger partial charge in [-0.15, -0.1) is 0 Å². The number of alkyl halides is 1. The van der Waals surface area contributed by atoms with Gasteiger partial charge < -0.3 is 15.5 Å². The van der Waals surface area contributed by atoms with Gasteiger partial charge in [-0.05, 0) is 35.6 Å². The van der Waals surface area contributed by atoms with Crippen LogP contribution in [0.15, 0.2) is 48.5 Å². The number of aromatic nitrogens is 3. The Morgan fingerprint density at radius 3 is 2.38 bits per heavy atom. The highest BCUT2D eigenvalue weighted by Gasteiger charge is 2.41. The fourth-order valence-electron chi connectivity index (χ4n) is 5.01. The summed E-state index contributed by atoms with van der Waals surface area (Å²) in [5.41, 5.74) is 5.96. The van der Waals surface area contributed by atoms with Crippen molar-refractivity contribution in [1.29, 1.82) is 0 Å². The van der Waals surface area contributed by atoms with E-state index in [1.54, 1.807) is 4.68 Å². The van der Waals surface area contributed by atoms with Gasteiger partial charge in [-0.25, -0.2) is 36.0 Å². The van der Waals surface area contributed by atoms with Crippen molar-refractivity contribution in [3.8, 4) is 11.4 Å². The van der Waals surface area contributed by atoms with Crippen LogP contribution < -0.4 is 5.73 Å². The molecule has 0 aliphatic carbocycles. The number of sulfone groups is 1. The number of amides is 2. The fourth-order valence-corrected chi connectivity index (χ4v) is 6.21. The second kappa shape index (κ2) is 12.8. The van der Waals surface area contributed by atoms with Crippen molar-refractivity contribution < 1.29 is 26.4 Å². The third kappa shape index (κ3) is 7.49. The molecule has 9 nitrogen and oxygen atoms in total. The molecule has 2 amide bonds. The SMILES string of the molecule is CC(C)(C)[C@H](c1nc(-c2cc(F)ccc2F)nn1Cc1ccccc1)N(CC[C@@H](N)CF)C(=O)N1CCS(=O)(=O)CC1. The number of hydrogen-bond donors (Lipinski definition) is 1. The van der Waals surface area contributed by atoms with E-state index in [9.17, 15) is 26.4 Å². The zero-order valence-electron chi connectivity index (χ0n) is 24.0. The number of nitrogens with zero attached hydrogens (tertiary/aromatic N) is 5. The highest BCUT2D eigenvalue weighted by atomic mass is 32.2. The molecule has 13 heteroatoms. The van der Waals surface area contributed by atoms with Gasteiger partial charge in [0, 0.05) is 25.7 Å². The highest BCUT2D eigenvalue weighted by Crippen LogP contribution is 2.39. The van der Waals surface area contributed by atoms with Gasteiger partial charge in [-0.1, -0.05) is 51.1 Å². The molecule has 0 bridgehead atoms. The molecular weight excluding hydrogens is 569 g/mol. The van der Waals surface area contributed by atoms with E-state index in [1.165, 1.54) is 9.80 Å². The number of rotatable bonds is 9. The Morgan fingerprint density at radius 2 is 1.76 bits per heavy atom. The molecule has 2 aromatic carbocycles. The van der Waals surface area contributed by atoms with Crippen molar-refractivity contribution >= 4 is 15.9 Å². The second-order valence-electron chi connectivity index (χ2n) is 11.6. The molecule has 1 aliphatic heterocycles. The summed E-state index contributed by atoms with van der Waals surface area (Å²) in [6, 6.07) is 10.3. The lowest BCUT2D eigenvalue weighted by Crippen LogP contribution is -2.53. The molecule has 2 N–H and O–H groups in total. The van der Waals surface area contributed by atoms with Crippen LogP contribution in [0.2, 0.25) is 0 Å². The third-order valence-electron chi connectivity index (χ3n) is 7.22. The minimum atomic E-state index is -3.26. The maximum Gasteiger partial charge on any atom is 0.320 e. The lowest BCUT2D eigenvalue weighted by molar-refractivity contribution is 0.0820. The Hall–Kier alpha value is -3.45. The van der Waals surface area contributed by atoms with Crippen LogP contribution in [-0.2, 0) is 16.4 Å². The van der Waals surface area contributed by atoms with E-state index in [0.717, 1.165) is 23.8 Å². The molecule has 1 saturated heterocycles. The Bertz CT molecular complexity index is 1480. The number of carbonyl (C=O) groups excluding carboxylic acids is 1. The first-order valence-corrected chi connectivity index (χ1v) is 15.6. The number of nitrogens with two attached hydrogens (primary N) is 1. The van der Waals surface area contributed by atoms with Gasteiger partial charge in [0.15, 0.2) is 21.5 Å². The Kier molecular flexibility index (Phi) is 9.61. The largest absolute Gasteiger partial charge is 0.325 e. The van der Waals surface area contributed by atoms with E-state index < -0.39 is 51.7 Å². The van der Waals surface area contributed by atoms with Crippen molar-refractivity contribution in [1.82, 2.24) is 24.6 Å². The zero-order valence-corrected chi connectivity index (χ0v) is 24.8.